The summed E-state index contributed by atoms with van der Waals surface area (Å²) in [6, 6.07) is 7.72. The van der Waals surface area contributed by atoms with Gasteiger partial charge in [0.25, 0.3) is 0 Å². The standard InChI is InChI=1S/C11H12F3O/c12-11(13,14)10(7-4-8-15)9-5-2-1-3-6-9/h1-3,5-6,10H,4,7-8H2. The zero-order valence-corrected chi connectivity index (χ0v) is 8.13. The molecule has 4 heteroatoms. The molecule has 0 spiro atoms. The molecular weight excluding hydrogens is 205 g/mol. The predicted octanol–water partition coefficient (Wildman–Crippen LogP) is 3.54. The van der Waals surface area contributed by atoms with E-state index < -0.39 is 18.7 Å². The molecule has 1 rings (SSSR count). The molecule has 1 aromatic carbocycles. The van der Waals surface area contributed by atoms with Crippen LogP contribution in [0, 0.1) is 0 Å². The third kappa shape index (κ3) is 3.55. The Labute approximate surface area is 86.5 Å². The van der Waals surface area contributed by atoms with E-state index in [0.29, 0.717) is 0 Å². The minimum atomic E-state index is -4.27. The molecule has 1 radical (unpaired) electrons. The van der Waals surface area contributed by atoms with Crippen molar-refractivity contribution >= 4 is 0 Å². The van der Waals surface area contributed by atoms with Crippen LogP contribution in [0.2, 0.25) is 0 Å². The van der Waals surface area contributed by atoms with Crippen molar-refractivity contribution in [3.05, 3.63) is 35.9 Å². The first-order chi connectivity index (χ1) is 7.05. The molecule has 0 fully saturated rings. The van der Waals surface area contributed by atoms with Crippen molar-refractivity contribution < 1.29 is 18.3 Å². The number of hydrogen-bond donors (Lipinski definition) is 0. The summed E-state index contributed by atoms with van der Waals surface area (Å²) in [4.78, 5) is 0. The number of hydrogen-bond acceptors (Lipinski definition) is 0. The van der Waals surface area contributed by atoms with Gasteiger partial charge in [0.1, 0.15) is 0 Å². The molecule has 0 heterocycles. The Morgan fingerprint density at radius 2 is 1.73 bits per heavy atom. The van der Waals surface area contributed by atoms with Crippen LogP contribution < -0.4 is 0 Å². The Balaban J connectivity index is 2.82. The maximum atomic E-state index is 12.6. The summed E-state index contributed by atoms with van der Waals surface area (Å²) in [5, 5.41) is 10.2. The summed E-state index contributed by atoms with van der Waals surface area (Å²) in [6.45, 7) is -0.459. The van der Waals surface area contributed by atoms with Crippen LogP contribution in [0.3, 0.4) is 0 Å². The van der Waals surface area contributed by atoms with Gasteiger partial charge in [0.05, 0.1) is 12.5 Å². The third-order valence-corrected chi connectivity index (χ3v) is 2.23. The van der Waals surface area contributed by atoms with Gasteiger partial charge in [-0.05, 0) is 18.4 Å². The van der Waals surface area contributed by atoms with Crippen molar-refractivity contribution in [3.63, 3.8) is 0 Å². The predicted molar refractivity (Wildman–Crippen MR) is 50.0 cm³/mol. The highest BCUT2D eigenvalue weighted by Crippen LogP contribution is 2.37. The summed E-state index contributed by atoms with van der Waals surface area (Å²) < 4.78 is 37.9. The Kier molecular flexibility index (Phi) is 4.15. The first-order valence-corrected chi connectivity index (χ1v) is 4.75. The molecular formula is C11H12F3O. The van der Waals surface area contributed by atoms with E-state index >= 15 is 0 Å². The van der Waals surface area contributed by atoms with Crippen molar-refractivity contribution in [2.75, 3.05) is 6.61 Å². The Hall–Kier alpha value is -1.03. The zero-order chi connectivity index (χ0) is 11.3. The molecule has 1 atom stereocenters. The van der Waals surface area contributed by atoms with Gasteiger partial charge in [0.2, 0.25) is 0 Å². The molecule has 0 aliphatic rings. The van der Waals surface area contributed by atoms with Crippen LogP contribution >= 0.6 is 0 Å². The van der Waals surface area contributed by atoms with Crippen LogP contribution in [0.1, 0.15) is 24.3 Å². The largest absolute Gasteiger partial charge is 0.395 e. The lowest BCUT2D eigenvalue weighted by atomic mass is 9.94. The molecule has 0 saturated carbocycles. The molecule has 0 aromatic heterocycles. The maximum absolute atomic E-state index is 12.6. The monoisotopic (exact) mass is 217 g/mol. The topological polar surface area (TPSA) is 19.9 Å². The Morgan fingerprint density at radius 1 is 1.13 bits per heavy atom. The van der Waals surface area contributed by atoms with Crippen molar-refractivity contribution in [1.29, 1.82) is 0 Å². The lowest BCUT2D eigenvalue weighted by Gasteiger charge is -2.20. The van der Waals surface area contributed by atoms with Gasteiger partial charge in [-0.25, -0.2) is 5.11 Å². The SMILES string of the molecule is [O]CCCC(c1ccccc1)C(F)(F)F. The van der Waals surface area contributed by atoms with E-state index in [1.165, 1.54) is 12.1 Å². The lowest BCUT2D eigenvalue weighted by Crippen LogP contribution is -2.21. The van der Waals surface area contributed by atoms with Crippen LogP contribution in [0.4, 0.5) is 13.2 Å². The van der Waals surface area contributed by atoms with Gasteiger partial charge >= 0.3 is 6.18 Å². The first kappa shape index (κ1) is 12.0. The number of alkyl halides is 3. The van der Waals surface area contributed by atoms with Crippen LogP contribution in [0.5, 0.6) is 0 Å². The summed E-state index contributed by atoms with van der Waals surface area (Å²) in [7, 11) is 0. The first-order valence-electron chi connectivity index (χ1n) is 4.75. The summed E-state index contributed by atoms with van der Waals surface area (Å²) in [5.74, 6) is -1.51. The van der Waals surface area contributed by atoms with Crippen molar-refractivity contribution in [2.45, 2.75) is 24.9 Å². The highest BCUT2D eigenvalue weighted by Gasteiger charge is 2.39. The summed E-state index contributed by atoms with van der Waals surface area (Å²) in [5.41, 5.74) is 0.235. The molecule has 1 unspecified atom stereocenters. The highest BCUT2D eigenvalue weighted by molar-refractivity contribution is 5.20. The normalized spacial score (nSPS) is 13.9. The molecule has 83 valence electrons. The fourth-order valence-electron chi connectivity index (χ4n) is 1.49. The molecule has 1 nitrogen and oxygen atoms in total. The van der Waals surface area contributed by atoms with Gasteiger partial charge in [-0.3, -0.25) is 0 Å². The Bertz CT molecular complexity index is 282. The molecule has 1 aromatic rings. The minimum absolute atomic E-state index is 0.0546. The second kappa shape index (κ2) is 5.16. The van der Waals surface area contributed by atoms with Gasteiger partial charge in [-0.1, -0.05) is 30.3 Å². The van der Waals surface area contributed by atoms with Gasteiger partial charge in [0, 0.05) is 0 Å². The molecule has 0 saturated heterocycles. The van der Waals surface area contributed by atoms with E-state index in [2.05, 4.69) is 0 Å². The summed E-state index contributed by atoms with van der Waals surface area (Å²) >= 11 is 0. The smallest absolute Gasteiger partial charge is 0.237 e. The van der Waals surface area contributed by atoms with E-state index in [4.69, 9.17) is 0 Å². The number of halogens is 3. The number of benzene rings is 1. The van der Waals surface area contributed by atoms with Gasteiger partial charge in [-0.2, -0.15) is 13.2 Å². The van der Waals surface area contributed by atoms with E-state index in [9.17, 15) is 18.3 Å². The number of rotatable bonds is 4. The highest BCUT2D eigenvalue weighted by atomic mass is 19.4. The van der Waals surface area contributed by atoms with Crippen molar-refractivity contribution in [3.8, 4) is 0 Å². The molecule has 0 aliphatic carbocycles. The van der Waals surface area contributed by atoms with Gasteiger partial charge in [0.15, 0.2) is 0 Å². The average Bonchev–Trinajstić information content (AvgIpc) is 2.18. The molecule has 15 heavy (non-hydrogen) atoms. The quantitative estimate of drug-likeness (QED) is 0.735. The zero-order valence-electron chi connectivity index (χ0n) is 8.13. The van der Waals surface area contributed by atoms with Crippen molar-refractivity contribution in [2.24, 2.45) is 0 Å². The molecule has 0 bridgehead atoms. The average molecular weight is 217 g/mol. The molecule has 0 aliphatic heterocycles. The van der Waals surface area contributed by atoms with E-state index in [1.807, 2.05) is 0 Å². The lowest BCUT2D eigenvalue weighted by molar-refractivity contribution is -0.152. The maximum Gasteiger partial charge on any atom is 0.395 e. The van der Waals surface area contributed by atoms with Crippen molar-refractivity contribution in [1.82, 2.24) is 0 Å². The van der Waals surface area contributed by atoms with E-state index in [1.54, 1.807) is 18.2 Å². The van der Waals surface area contributed by atoms with Crippen LogP contribution in [0.25, 0.3) is 0 Å². The van der Waals surface area contributed by atoms with Crippen LogP contribution in [-0.2, 0) is 5.11 Å². The fourth-order valence-corrected chi connectivity index (χ4v) is 1.49. The molecule has 0 N–H and O–H groups in total. The molecule has 0 amide bonds. The minimum Gasteiger partial charge on any atom is -0.237 e. The second-order valence-corrected chi connectivity index (χ2v) is 3.35. The van der Waals surface area contributed by atoms with Crippen LogP contribution in [0.15, 0.2) is 30.3 Å². The van der Waals surface area contributed by atoms with Crippen LogP contribution in [-0.4, -0.2) is 12.8 Å². The van der Waals surface area contributed by atoms with Gasteiger partial charge < -0.3 is 0 Å². The summed E-state index contributed by atoms with van der Waals surface area (Å²) in [6.07, 6.45) is -4.34. The van der Waals surface area contributed by atoms with Gasteiger partial charge in [-0.15, -0.1) is 0 Å². The second-order valence-electron chi connectivity index (χ2n) is 3.35. The third-order valence-electron chi connectivity index (χ3n) is 2.23. The fraction of sp³-hybridized carbons (Fsp3) is 0.455. The van der Waals surface area contributed by atoms with E-state index in [-0.39, 0.29) is 18.4 Å². The van der Waals surface area contributed by atoms with E-state index in [0.717, 1.165) is 0 Å². The Morgan fingerprint density at radius 3 is 2.20 bits per heavy atom.